The van der Waals surface area contributed by atoms with Crippen molar-refractivity contribution in [2.45, 2.75) is 31.5 Å². The van der Waals surface area contributed by atoms with Crippen molar-refractivity contribution in [1.82, 2.24) is 4.90 Å². The molecule has 0 aromatic heterocycles. The topological polar surface area (TPSA) is 43.8 Å². The fourth-order valence-corrected chi connectivity index (χ4v) is 2.98. The van der Waals surface area contributed by atoms with Gasteiger partial charge in [0.25, 0.3) is 0 Å². The highest BCUT2D eigenvalue weighted by Crippen LogP contribution is 2.31. The Morgan fingerprint density at radius 2 is 1.88 bits per heavy atom. The van der Waals surface area contributed by atoms with E-state index in [1.165, 1.54) is 0 Å². The number of halogens is 3. The molecule has 1 aromatic rings. The SMILES string of the molecule is CN(C(=O)CCN1CCC(C(O)C(F)(F)F)CC1)c1ccccc1. The summed E-state index contributed by atoms with van der Waals surface area (Å²) in [5.74, 6) is -0.775. The van der Waals surface area contributed by atoms with Crippen LogP contribution in [0.4, 0.5) is 18.9 Å². The molecule has 1 aliphatic rings. The molecule has 1 aromatic carbocycles. The van der Waals surface area contributed by atoms with Crippen LogP contribution in [0.5, 0.6) is 0 Å². The summed E-state index contributed by atoms with van der Waals surface area (Å²) >= 11 is 0. The average Bonchev–Trinajstić information content (AvgIpc) is 2.58. The quantitative estimate of drug-likeness (QED) is 0.893. The summed E-state index contributed by atoms with van der Waals surface area (Å²) in [6.45, 7) is 1.46. The summed E-state index contributed by atoms with van der Waals surface area (Å²) < 4.78 is 37.6. The molecule has 1 N–H and O–H groups in total. The van der Waals surface area contributed by atoms with Crippen LogP contribution >= 0.6 is 0 Å². The van der Waals surface area contributed by atoms with Crippen LogP contribution in [0.25, 0.3) is 0 Å². The molecule has 1 atom stereocenters. The molecule has 0 bridgehead atoms. The standard InChI is InChI=1S/C17H23F3N2O2/c1-21(14-5-3-2-4-6-14)15(23)9-12-22-10-7-13(8-11-22)16(24)17(18,19)20/h2-6,13,16,24H,7-12H2,1H3. The first-order valence-electron chi connectivity index (χ1n) is 8.08. The zero-order chi connectivity index (χ0) is 17.7. The number of benzene rings is 1. The van der Waals surface area contributed by atoms with Gasteiger partial charge in [0, 0.05) is 25.7 Å². The first kappa shape index (κ1) is 18.7. The lowest BCUT2D eigenvalue weighted by atomic mass is 9.91. The predicted molar refractivity (Wildman–Crippen MR) is 85.7 cm³/mol. The summed E-state index contributed by atoms with van der Waals surface area (Å²) in [6.07, 6.45) is -5.89. The van der Waals surface area contributed by atoms with E-state index in [1.54, 1.807) is 11.9 Å². The fourth-order valence-electron chi connectivity index (χ4n) is 2.98. The van der Waals surface area contributed by atoms with Gasteiger partial charge < -0.3 is 14.9 Å². The van der Waals surface area contributed by atoms with E-state index in [2.05, 4.69) is 0 Å². The maximum absolute atomic E-state index is 12.5. The lowest BCUT2D eigenvalue weighted by Crippen LogP contribution is -2.44. The zero-order valence-electron chi connectivity index (χ0n) is 13.7. The summed E-state index contributed by atoms with van der Waals surface area (Å²) in [5, 5.41) is 9.31. The van der Waals surface area contributed by atoms with Crippen molar-refractivity contribution in [2.24, 2.45) is 5.92 Å². The number of rotatable bonds is 5. The van der Waals surface area contributed by atoms with Crippen LogP contribution in [0, 0.1) is 5.92 Å². The minimum atomic E-state index is -4.55. The lowest BCUT2D eigenvalue weighted by molar-refractivity contribution is -0.223. The van der Waals surface area contributed by atoms with Gasteiger partial charge in [-0.05, 0) is 44.0 Å². The molecule has 134 valence electrons. The van der Waals surface area contributed by atoms with Gasteiger partial charge in [-0.15, -0.1) is 0 Å². The molecule has 1 saturated heterocycles. The van der Waals surface area contributed by atoms with E-state index >= 15 is 0 Å². The zero-order valence-corrected chi connectivity index (χ0v) is 13.7. The van der Waals surface area contributed by atoms with Crippen molar-refractivity contribution in [3.05, 3.63) is 30.3 Å². The smallest absolute Gasteiger partial charge is 0.383 e. The third-order valence-corrected chi connectivity index (χ3v) is 4.57. The first-order chi connectivity index (χ1) is 11.3. The maximum Gasteiger partial charge on any atom is 0.414 e. The van der Waals surface area contributed by atoms with Gasteiger partial charge in [0.1, 0.15) is 0 Å². The Bertz CT molecular complexity index is 528. The van der Waals surface area contributed by atoms with Crippen molar-refractivity contribution in [1.29, 1.82) is 0 Å². The number of alkyl halides is 3. The van der Waals surface area contributed by atoms with Crippen molar-refractivity contribution < 1.29 is 23.1 Å². The predicted octanol–water partition coefficient (Wildman–Crippen LogP) is 2.67. The molecule has 1 heterocycles. The first-order valence-corrected chi connectivity index (χ1v) is 8.08. The number of hydrogen-bond acceptors (Lipinski definition) is 3. The third-order valence-electron chi connectivity index (χ3n) is 4.57. The minimum Gasteiger partial charge on any atom is -0.383 e. The Morgan fingerprint density at radius 1 is 1.29 bits per heavy atom. The highest BCUT2D eigenvalue weighted by atomic mass is 19.4. The van der Waals surface area contributed by atoms with Crippen molar-refractivity contribution in [2.75, 3.05) is 31.6 Å². The monoisotopic (exact) mass is 344 g/mol. The molecule has 1 aliphatic heterocycles. The number of nitrogens with zero attached hydrogens (tertiary/aromatic N) is 2. The number of carbonyl (C=O) groups is 1. The molecule has 0 radical (unpaired) electrons. The Morgan fingerprint density at radius 3 is 2.42 bits per heavy atom. The molecule has 4 nitrogen and oxygen atoms in total. The summed E-state index contributed by atoms with van der Waals surface area (Å²) in [4.78, 5) is 15.8. The van der Waals surface area contributed by atoms with Gasteiger partial charge in [-0.25, -0.2) is 0 Å². The molecule has 2 rings (SSSR count). The van der Waals surface area contributed by atoms with Crippen LogP contribution in [0.15, 0.2) is 30.3 Å². The Balaban J connectivity index is 1.75. The minimum absolute atomic E-state index is 0.0290. The molecule has 1 unspecified atom stereocenters. The normalized spacial score (nSPS) is 18.4. The maximum atomic E-state index is 12.5. The summed E-state index contributed by atoms with van der Waals surface area (Å²) in [7, 11) is 1.71. The van der Waals surface area contributed by atoms with Crippen LogP contribution in [-0.2, 0) is 4.79 Å². The highest BCUT2D eigenvalue weighted by molar-refractivity contribution is 5.92. The highest BCUT2D eigenvalue weighted by Gasteiger charge is 2.44. The number of amides is 1. The van der Waals surface area contributed by atoms with E-state index in [-0.39, 0.29) is 5.91 Å². The number of hydrogen-bond donors (Lipinski definition) is 1. The van der Waals surface area contributed by atoms with Crippen LogP contribution in [0.3, 0.4) is 0 Å². The van der Waals surface area contributed by atoms with E-state index in [1.807, 2.05) is 35.2 Å². The van der Waals surface area contributed by atoms with Gasteiger partial charge in [0.05, 0.1) is 0 Å². The molecular formula is C17H23F3N2O2. The van der Waals surface area contributed by atoms with Crippen molar-refractivity contribution >= 4 is 11.6 Å². The number of para-hydroxylation sites is 1. The van der Waals surface area contributed by atoms with Gasteiger partial charge in [-0.3, -0.25) is 4.79 Å². The third kappa shape index (κ3) is 4.95. The Kier molecular flexibility index (Phi) is 6.23. The average molecular weight is 344 g/mol. The van der Waals surface area contributed by atoms with Crippen molar-refractivity contribution in [3.8, 4) is 0 Å². The largest absolute Gasteiger partial charge is 0.414 e. The van der Waals surface area contributed by atoms with E-state index in [4.69, 9.17) is 0 Å². The van der Waals surface area contributed by atoms with Gasteiger partial charge in [-0.2, -0.15) is 13.2 Å². The molecule has 7 heteroatoms. The summed E-state index contributed by atoms with van der Waals surface area (Å²) in [5.41, 5.74) is 0.814. The second kappa shape index (κ2) is 7.98. The molecule has 0 spiro atoms. The second-order valence-electron chi connectivity index (χ2n) is 6.20. The number of aliphatic hydroxyl groups excluding tert-OH is 1. The molecule has 24 heavy (non-hydrogen) atoms. The molecule has 0 saturated carbocycles. The molecular weight excluding hydrogens is 321 g/mol. The van der Waals surface area contributed by atoms with Crippen LogP contribution < -0.4 is 4.90 Å². The molecule has 0 aliphatic carbocycles. The number of anilines is 1. The fraction of sp³-hybridized carbons (Fsp3) is 0.588. The van der Waals surface area contributed by atoms with E-state index in [9.17, 15) is 23.1 Å². The van der Waals surface area contributed by atoms with Crippen LogP contribution in [0.1, 0.15) is 19.3 Å². The van der Waals surface area contributed by atoms with E-state index in [0.717, 1.165) is 5.69 Å². The Hall–Kier alpha value is -1.60. The van der Waals surface area contributed by atoms with E-state index in [0.29, 0.717) is 38.9 Å². The van der Waals surface area contributed by atoms with Crippen molar-refractivity contribution in [3.63, 3.8) is 0 Å². The second-order valence-corrected chi connectivity index (χ2v) is 6.20. The van der Waals surface area contributed by atoms with Gasteiger partial charge in [0.2, 0.25) is 5.91 Å². The molecule has 1 amide bonds. The van der Waals surface area contributed by atoms with Gasteiger partial charge in [-0.1, -0.05) is 18.2 Å². The molecule has 1 fully saturated rings. The summed E-state index contributed by atoms with van der Waals surface area (Å²) in [6, 6.07) is 9.29. The van der Waals surface area contributed by atoms with E-state index < -0.39 is 18.2 Å². The lowest BCUT2D eigenvalue weighted by Gasteiger charge is -2.34. The van der Waals surface area contributed by atoms with Crippen LogP contribution in [0.2, 0.25) is 0 Å². The van der Waals surface area contributed by atoms with Gasteiger partial charge >= 0.3 is 6.18 Å². The number of likely N-dealkylation sites (tertiary alicyclic amines) is 1. The Labute approximate surface area is 139 Å². The number of aliphatic hydroxyl groups is 1. The van der Waals surface area contributed by atoms with Gasteiger partial charge in [0.15, 0.2) is 6.10 Å². The number of carbonyl (C=O) groups excluding carboxylic acids is 1. The van der Waals surface area contributed by atoms with Crippen LogP contribution in [-0.4, -0.2) is 54.9 Å². The number of piperidine rings is 1.